The topological polar surface area (TPSA) is 85.4 Å². The quantitative estimate of drug-likeness (QED) is 0.476. The number of ether oxygens (including phenoxy) is 1. The lowest BCUT2D eigenvalue weighted by molar-refractivity contribution is 0.0476. The maximum atomic E-state index is 12.3. The summed E-state index contributed by atoms with van der Waals surface area (Å²) < 4.78 is 31.8. The number of carbonyl (C=O) groups is 1. The van der Waals surface area contributed by atoms with E-state index in [0.717, 1.165) is 15.4 Å². The van der Waals surface area contributed by atoms with Crippen LogP contribution in [0.4, 0.5) is 0 Å². The molecule has 8 heteroatoms. The Balaban J connectivity index is 1.67. The molecule has 0 radical (unpaired) electrons. The minimum Gasteiger partial charge on any atom is -0.456 e. The van der Waals surface area contributed by atoms with E-state index in [-0.39, 0.29) is 23.6 Å². The van der Waals surface area contributed by atoms with Gasteiger partial charge in [0.05, 0.1) is 21.9 Å². The van der Waals surface area contributed by atoms with E-state index in [1.54, 1.807) is 6.20 Å². The van der Waals surface area contributed by atoms with Crippen LogP contribution in [0, 0.1) is 12.3 Å². The normalized spacial score (nSPS) is 11.0. The van der Waals surface area contributed by atoms with Crippen molar-refractivity contribution in [3.05, 3.63) is 71.2 Å². The first-order valence-corrected chi connectivity index (χ1v) is 10.5. The van der Waals surface area contributed by atoms with Gasteiger partial charge in [-0.15, -0.1) is 17.8 Å². The van der Waals surface area contributed by atoms with Crippen molar-refractivity contribution in [2.45, 2.75) is 11.5 Å². The second-order valence-corrected chi connectivity index (χ2v) is 8.51. The molecule has 0 amide bonds. The Morgan fingerprint density at radius 3 is 2.71 bits per heavy atom. The van der Waals surface area contributed by atoms with Crippen LogP contribution in [0.5, 0.6) is 0 Å². The van der Waals surface area contributed by atoms with Gasteiger partial charge in [0.2, 0.25) is 10.0 Å². The molecule has 142 valence electrons. The third kappa shape index (κ3) is 4.84. The van der Waals surface area contributed by atoms with E-state index < -0.39 is 16.0 Å². The molecule has 6 nitrogen and oxygen atoms in total. The predicted octanol–water partition coefficient (Wildman–Crippen LogP) is 3.08. The van der Waals surface area contributed by atoms with Gasteiger partial charge in [-0.25, -0.2) is 18.2 Å². The lowest BCUT2D eigenvalue weighted by atomic mass is 10.2. The summed E-state index contributed by atoms with van der Waals surface area (Å²) in [6.45, 7) is -0.0816. The van der Waals surface area contributed by atoms with Crippen LogP contribution in [0.3, 0.4) is 0 Å². The highest BCUT2D eigenvalue weighted by Crippen LogP contribution is 2.25. The molecule has 2 aromatic carbocycles. The van der Waals surface area contributed by atoms with Crippen LogP contribution in [0.1, 0.15) is 15.2 Å². The zero-order chi connectivity index (χ0) is 20.0. The first kappa shape index (κ1) is 19.8. The van der Waals surface area contributed by atoms with Gasteiger partial charge in [-0.1, -0.05) is 42.3 Å². The Morgan fingerprint density at radius 2 is 1.96 bits per heavy atom. The number of benzene rings is 2. The first-order valence-electron chi connectivity index (χ1n) is 8.20. The smallest absolute Gasteiger partial charge is 0.338 e. The van der Waals surface area contributed by atoms with Crippen molar-refractivity contribution in [3.63, 3.8) is 0 Å². The van der Waals surface area contributed by atoms with Gasteiger partial charge in [0.25, 0.3) is 0 Å². The minimum absolute atomic E-state index is 0.0512. The summed E-state index contributed by atoms with van der Waals surface area (Å²) in [6, 6.07) is 15.3. The molecule has 0 fully saturated rings. The van der Waals surface area contributed by atoms with Crippen molar-refractivity contribution in [2.75, 3.05) is 6.54 Å². The number of esters is 1. The van der Waals surface area contributed by atoms with Crippen molar-refractivity contribution in [2.24, 2.45) is 0 Å². The third-order valence-electron chi connectivity index (χ3n) is 3.66. The molecule has 0 atom stereocenters. The van der Waals surface area contributed by atoms with E-state index in [9.17, 15) is 13.2 Å². The minimum atomic E-state index is -3.78. The van der Waals surface area contributed by atoms with Crippen molar-refractivity contribution < 1.29 is 17.9 Å². The van der Waals surface area contributed by atoms with Gasteiger partial charge in [-0.05, 0) is 18.2 Å². The zero-order valence-corrected chi connectivity index (χ0v) is 16.3. The number of nitrogens with zero attached hydrogens (tertiary/aromatic N) is 1. The van der Waals surface area contributed by atoms with Crippen LogP contribution in [-0.2, 0) is 21.4 Å². The summed E-state index contributed by atoms with van der Waals surface area (Å²) in [5.41, 5.74) is 1.12. The summed E-state index contributed by atoms with van der Waals surface area (Å²) in [6.07, 6.45) is 6.73. The molecule has 3 aromatic rings. The number of thiazole rings is 1. The lowest BCUT2D eigenvalue weighted by Crippen LogP contribution is -2.24. The number of hydrogen-bond acceptors (Lipinski definition) is 6. The molecule has 1 N–H and O–H groups in total. The van der Waals surface area contributed by atoms with Crippen LogP contribution < -0.4 is 4.72 Å². The van der Waals surface area contributed by atoms with Gasteiger partial charge in [-0.2, -0.15) is 4.72 Å². The Labute approximate surface area is 167 Å². The molecule has 3 rings (SSSR count). The molecule has 0 bridgehead atoms. The van der Waals surface area contributed by atoms with E-state index in [0.29, 0.717) is 0 Å². The number of rotatable bonds is 7. The van der Waals surface area contributed by atoms with Gasteiger partial charge in [0.1, 0.15) is 11.6 Å². The first-order chi connectivity index (χ1) is 13.5. The van der Waals surface area contributed by atoms with Crippen LogP contribution >= 0.6 is 11.3 Å². The van der Waals surface area contributed by atoms with Gasteiger partial charge < -0.3 is 4.74 Å². The lowest BCUT2D eigenvalue weighted by Gasteiger charge is -2.07. The summed E-state index contributed by atoms with van der Waals surface area (Å²) >= 11 is 1.43. The van der Waals surface area contributed by atoms with E-state index in [4.69, 9.17) is 11.2 Å². The zero-order valence-electron chi connectivity index (χ0n) is 14.7. The molecule has 0 saturated carbocycles. The molecule has 0 aliphatic rings. The van der Waals surface area contributed by atoms with Gasteiger partial charge >= 0.3 is 5.97 Å². The van der Waals surface area contributed by atoms with E-state index >= 15 is 0 Å². The number of aromatic nitrogens is 1. The summed E-state index contributed by atoms with van der Waals surface area (Å²) in [5, 5.41) is 0.833. The van der Waals surface area contributed by atoms with Crippen molar-refractivity contribution >= 4 is 27.3 Å². The molecule has 28 heavy (non-hydrogen) atoms. The number of carbonyl (C=O) groups excluding carboxylic acids is 1. The number of nitrogens with one attached hydrogen (secondary N) is 1. The van der Waals surface area contributed by atoms with Crippen LogP contribution in [0.25, 0.3) is 10.6 Å². The van der Waals surface area contributed by atoms with E-state index in [1.165, 1.54) is 35.6 Å². The average molecular weight is 412 g/mol. The Morgan fingerprint density at radius 1 is 1.18 bits per heavy atom. The molecule has 0 aliphatic heterocycles. The van der Waals surface area contributed by atoms with Crippen LogP contribution in [-0.4, -0.2) is 25.9 Å². The molecule has 0 aliphatic carbocycles. The molecule has 0 unspecified atom stereocenters. The maximum absolute atomic E-state index is 12.3. The fraction of sp³-hybridized carbons (Fsp3) is 0.100. The number of terminal acetylenes is 1. The second kappa shape index (κ2) is 8.80. The van der Waals surface area contributed by atoms with E-state index in [1.807, 2.05) is 30.3 Å². The number of sulfonamides is 1. The average Bonchev–Trinajstić information content (AvgIpc) is 3.20. The summed E-state index contributed by atoms with van der Waals surface area (Å²) in [7, 11) is -3.78. The van der Waals surface area contributed by atoms with Gasteiger partial charge in [0.15, 0.2) is 0 Å². The molecule has 1 aromatic heterocycles. The monoisotopic (exact) mass is 412 g/mol. The summed E-state index contributed by atoms with van der Waals surface area (Å²) in [4.78, 5) is 17.4. The Hall–Kier alpha value is -2.99. The van der Waals surface area contributed by atoms with Gasteiger partial charge in [-0.3, -0.25) is 0 Å². The highest BCUT2D eigenvalue weighted by molar-refractivity contribution is 7.89. The standard InChI is InChI=1S/C20H16N2O4S2/c1-2-11-22-28(24,25)18-10-6-9-16(12-18)20(23)26-14-17-13-21-19(27-17)15-7-4-3-5-8-15/h1,3-10,12-13,22H,11,14H2. The van der Waals surface area contributed by atoms with Crippen molar-refractivity contribution in [1.82, 2.24) is 9.71 Å². The fourth-order valence-electron chi connectivity index (χ4n) is 2.32. The van der Waals surface area contributed by atoms with Crippen molar-refractivity contribution in [3.8, 4) is 22.9 Å². The van der Waals surface area contributed by atoms with Crippen LogP contribution in [0.15, 0.2) is 65.7 Å². The Kier molecular flexibility index (Phi) is 6.21. The predicted molar refractivity (Wildman–Crippen MR) is 107 cm³/mol. The molecular formula is C20H16N2O4S2. The van der Waals surface area contributed by atoms with Gasteiger partial charge in [0, 0.05) is 11.8 Å². The third-order valence-corrected chi connectivity index (χ3v) is 6.08. The maximum Gasteiger partial charge on any atom is 0.338 e. The highest BCUT2D eigenvalue weighted by Gasteiger charge is 2.16. The fourth-order valence-corrected chi connectivity index (χ4v) is 4.13. The molecule has 1 heterocycles. The SMILES string of the molecule is C#CCNS(=O)(=O)c1cccc(C(=O)OCc2cnc(-c3ccccc3)s2)c1. The second-order valence-electron chi connectivity index (χ2n) is 5.63. The number of hydrogen-bond donors (Lipinski definition) is 1. The molecule has 0 saturated heterocycles. The summed E-state index contributed by atoms with van der Waals surface area (Å²) in [5.74, 6) is 1.57. The largest absolute Gasteiger partial charge is 0.456 e. The Bertz CT molecular complexity index is 1120. The molecular weight excluding hydrogens is 396 g/mol. The van der Waals surface area contributed by atoms with Crippen LogP contribution in [0.2, 0.25) is 0 Å². The van der Waals surface area contributed by atoms with E-state index in [2.05, 4.69) is 15.6 Å². The highest BCUT2D eigenvalue weighted by atomic mass is 32.2. The van der Waals surface area contributed by atoms with Crippen molar-refractivity contribution in [1.29, 1.82) is 0 Å². The molecule has 0 spiro atoms.